The van der Waals surface area contributed by atoms with Crippen molar-refractivity contribution >= 4 is 17.5 Å². The number of benzene rings is 2. The first-order chi connectivity index (χ1) is 9.11. The Hall–Kier alpha value is -1.84. The van der Waals surface area contributed by atoms with E-state index in [2.05, 4.69) is 0 Å². The lowest BCUT2D eigenvalue weighted by Gasteiger charge is -2.10. The van der Waals surface area contributed by atoms with Gasteiger partial charge in [-0.05, 0) is 41.0 Å². The van der Waals surface area contributed by atoms with Gasteiger partial charge in [0.05, 0.1) is 6.61 Å². The molecule has 2 aromatic rings. The summed E-state index contributed by atoms with van der Waals surface area (Å²) < 4.78 is 5.17. The number of nitrogens with two attached hydrogens (primary N) is 1. The van der Waals surface area contributed by atoms with E-state index in [0.717, 1.165) is 16.7 Å². The quantitative estimate of drug-likeness (QED) is 0.931. The van der Waals surface area contributed by atoms with E-state index in [1.165, 1.54) is 0 Å². The first-order valence-electron chi connectivity index (χ1n) is 5.79. The highest BCUT2D eigenvalue weighted by Gasteiger charge is 2.07. The van der Waals surface area contributed by atoms with E-state index in [-0.39, 0.29) is 0 Å². The fourth-order valence-corrected chi connectivity index (χ4v) is 2.13. The topological polar surface area (TPSA) is 52.3 Å². The highest BCUT2D eigenvalue weighted by molar-refractivity contribution is 6.30. The van der Waals surface area contributed by atoms with Crippen LogP contribution >= 0.6 is 11.6 Å². The van der Waals surface area contributed by atoms with Crippen LogP contribution in [0.25, 0.3) is 11.1 Å². The molecule has 0 saturated carbocycles. The number of amides is 1. The molecule has 0 aliphatic carbocycles. The largest absolute Gasteiger partial charge is 0.380 e. The minimum atomic E-state index is -0.431. The van der Waals surface area contributed by atoms with Crippen LogP contribution in [0.3, 0.4) is 0 Å². The second kappa shape index (κ2) is 5.87. The van der Waals surface area contributed by atoms with Gasteiger partial charge in [0.25, 0.3) is 0 Å². The Kier molecular flexibility index (Phi) is 4.20. The Morgan fingerprint density at radius 3 is 2.47 bits per heavy atom. The van der Waals surface area contributed by atoms with Gasteiger partial charge in [-0.25, -0.2) is 0 Å². The van der Waals surface area contributed by atoms with E-state index in [1.807, 2.05) is 30.3 Å². The second-order valence-corrected chi connectivity index (χ2v) is 4.61. The summed E-state index contributed by atoms with van der Waals surface area (Å²) in [5.41, 5.74) is 8.74. The van der Waals surface area contributed by atoms with Gasteiger partial charge in [-0.1, -0.05) is 29.8 Å². The zero-order valence-electron chi connectivity index (χ0n) is 10.5. The Morgan fingerprint density at radius 1 is 1.21 bits per heavy atom. The van der Waals surface area contributed by atoms with Gasteiger partial charge in [-0.3, -0.25) is 4.79 Å². The van der Waals surface area contributed by atoms with Gasteiger partial charge in [-0.2, -0.15) is 0 Å². The molecule has 3 nitrogen and oxygen atoms in total. The van der Waals surface area contributed by atoms with E-state index < -0.39 is 5.91 Å². The van der Waals surface area contributed by atoms with Crippen LogP contribution in [0, 0.1) is 0 Å². The van der Waals surface area contributed by atoms with Crippen LogP contribution in [0.1, 0.15) is 15.9 Å². The Morgan fingerprint density at radius 2 is 1.89 bits per heavy atom. The molecule has 2 N–H and O–H groups in total. The molecule has 0 aromatic heterocycles. The molecular formula is C15H14ClNO2. The predicted molar refractivity (Wildman–Crippen MR) is 76.1 cm³/mol. The van der Waals surface area contributed by atoms with Crippen molar-refractivity contribution in [1.82, 2.24) is 0 Å². The summed E-state index contributed by atoms with van der Waals surface area (Å²) in [5, 5.41) is 0.671. The minimum absolute atomic E-state index is 0.431. The molecule has 98 valence electrons. The van der Waals surface area contributed by atoms with Crippen LogP contribution < -0.4 is 5.73 Å². The SMILES string of the molecule is COCc1cc(Cl)ccc1-c1ccc(C(N)=O)cc1. The van der Waals surface area contributed by atoms with Gasteiger partial charge < -0.3 is 10.5 Å². The molecule has 0 spiro atoms. The molecule has 1 amide bonds. The van der Waals surface area contributed by atoms with Crippen molar-refractivity contribution in [3.8, 4) is 11.1 Å². The molecule has 2 aromatic carbocycles. The third kappa shape index (κ3) is 3.13. The molecular weight excluding hydrogens is 262 g/mol. The van der Waals surface area contributed by atoms with Crippen molar-refractivity contribution in [2.75, 3.05) is 7.11 Å². The summed E-state index contributed by atoms with van der Waals surface area (Å²) in [6.07, 6.45) is 0. The van der Waals surface area contributed by atoms with Gasteiger partial charge in [-0.15, -0.1) is 0 Å². The summed E-state index contributed by atoms with van der Waals surface area (Å²) >= 11 is 5.99. The average molecular weight is 276 g/mol. The maximum atomic E-state index is 11.0. The Balaban J connectivity index is 2.43. The zero-order valence-corrected chi connectivity index (χ0v) is 11.3. The highest BCUT2D eigenvalue weighted by Crippen LogP contribution is 2.27. The molecule has 19 heavy (non-hydrogen) atoms. The van der Waals surface area contributed by atoms with Crippen molar-refractivity contribution < 1.29 is 9.53 Å². The monoisotopic (exact) mass is 275 g/mol. The summed E-state index contributed by atoms with van der Waals surface area (Å²) in [6, 6.07) is 12.8. The van der Waals surface area contributed by atoms with E-state index in [4.69, 9.17) is 22.1 Å². The number of rotatable bonds is 4. The number of hydrogen-bond donors (Lipinski definition) is 1. The lowest BCUT2D eigenvalue weighted by Crippen LogP contribution is -2.10. The molecule has 0 unspecified atom stereocenters. The predicted octanol–water partition coefficient (Wildman–Crippen LogP) is 3.25. The third-order valence-corrected chi connectivity index (χ3v) is 3.08. The van der Waals surface area contributed by atoms with Crippen LogP contribution in [0.15, 0.2) is 42.5 Å². The van der Waals surface area contributed by atoms with Gasteiger partial charge >= 0.3 is 0 Å². The zero-order chi connectivity index (χ0) is 13.8. The van der Waals surface area contributed by atoms with Gasteiger partial charge in [0.2, 0.25) is 5.91 Å². The lowest BCUT2D eigenvalue weighted by molar-refractivity contribution is 0.100. The molecule has 0 radical (unpaired) electrons. The standard InChI is InChI=1S/C15H14ClNO2/c1-19-9-12-8-13(16)6-7-14(12)10-2-4-11(5-3-10)15(17)18/h2-8H,9H2,1H3,(H2,17,18). The Labute approximate surface area is 117 Å². The number of primary amides is 1. The number of ether oxygens (including phenoxy) is 1. The highest BCUT2D eigenvalue weighted by atomic mass is 35.5. The molecule has 2 rings (SSSR count). The minimum Gasteiger partial charge on any atom is -0.380 e. The van der Waals surface area contributed by atoms with Crippen molar-refractivity contribution in [1.29, 1.82) is 0 Å². The van der Waals surface area contributed by atoms with Crippen LogP contribution in [-0.2, 0) is 11.3 Å². The van der Waals surface area contributed by atoms with Gasteiger partial charge in [0, 0.05) is 17.7 Å². The molecule has 0 aliphatic rings. The first kappa shape index (κ1) is 13.6. The van der Waals surface area contributed by atoms with Crippen molar-refractivity contribution in [2.24, 2.45) is 5.73 Å². The van der Waals surface area contributed by atoms with Crippen LogP contribution in [0.5, 0.6) is 0 Å². The molecule has 0 fully saturated rings. The van der Waals surface area contributed by atoms with E-state index in [0.29, 0.717) is 17.2 Å². The number of methoxy groups -OCH3 is 1. The summed E-state index contributed by atoms with van der Waals surface area (Å²) in [6.45, 7) is 0.480. The van der Waals surface area contributed by atoms with Crippen LogP contribution in [0.2, 0.25) is 5.02 Å². The molecule has 0 saturated heterocycles. The first-order valence-corrected chi connectivity index (χ1v) is 6.17. The van der Waals surface area contributed by atoms with E-state index >= 15 is 0 Å². The van der Waals surface area contributed by atoms with Gasteiger partial charge in [0.1, 0.15) is 0 Å². The van der Waals surface area contributed by atoms with Crippen molar-refractivity contribution in [2.45, 2.75) is 6.61 Å². The molecule has 4 heteroatoms. The summed E-state index contributed by atoms with van der Waals surface area (Å²) in [5.74, 6) is -0.431. The van der Waals surface area contributed by atoms with Crippen molar-refractivity contribution in [3.63, 3.8) is 0 Å². The second-order valence-electron chi connectivity index (χ2n) is 4.18. The summed E-state index contributed by atoms with van der Waals surface area (Å²) in [4.78, 5) is 11.0. The Bertz CT molecular complexity index is 594. The fourth-order valence-electron chi connectivity index (χ4n) is 1.93. The third-order valence-electron chi connectivity index (χ3n) is 2.85. The van der Waals surface area contributed by atoms with Crippen LogP contribution in [0.4, 0.5) is 0 Å². The maximum absolute atomic E-state index is 11.0. The van der Waals surface area contributed by atoms with E-state index in [1.54, 1.807) is 19.2 Å². The maximum Gasteiger partial charge on any atom is 0.248 e. The van der Waals surface area contributed by atoms with E-state index in [9.17, 15) is 4.79 Å². The molecule has 0 bridgehead atoms. The van der Waals surface area contributed by atoms with Crippen molar-refractivity contribution in [3.05, 3.63) is 58.6 Å². The number of hydrogen-bond acceptors (Lipinski definition) is 2. The number of halogens is 1. The average Bonchev–Trinajstić information content (AvgIpc) is 2.39. The smallest absolute Gasteiger partial charge is 0.248 e. The lowest BCUT2D eigenvalue weighted by atomic mass is 9.99. The summed E-state index contributed by atoms with van der Waals surface area (Å²) in [7, 11) is 1.64. The molecule has 0 aliphatic heterocycles. The number of carbonyl (C=O) groups excluding carboxylic acids is 1. The fraction of sp³-hybridized carbons (Fsp3) is 0.133. The number of carbonyl (C=O) groups is 1. The molecule has 0 heterocycles. The van der Waals surface area contributed by atoms with Crippen LogP contribution in [-0.4, -0.2) is 13.0 Å². The molecule has 0 atom stereocenters. The van der Waals surface area contributed by atoms with Gasteiger partial charge in [0.15, 0.2) is 0 Å². The normalized spacial score (nSPS) is 10.4.